The van der Waals surface area contributed by atoms with E-state index in [4.69, 9.17) is 26.2 Å². The highest BCUT2D eigenvalue weighted by molar-refractivity contribution is 6.17. The summed E-state index contributed by atoms with van der Waals surface area (Å²) in [6, 6.07) is 0. The molecule has 0 aromatic rings. The molecule has 0 aromatic heterocycles. The smallest absolute Gasteiger partial charge is 0.221 e. The van der Waals surface area contributed by atoms with Crippen LogP contribution in [0.4, 0.5) is 0 Å². The normalized spacial score (nSPS) is 41.8. The van der Waals surface area contributed by atoms with Gasteiger partial charge in [-0.05, 0) is 0 Å². The molecule has 1 aliphatic heterocycles. The highest BCUT2D eigenvalue weighted by atomic mass is 35.5. The third-order valence-corrected chi connectivity index (χ3v) is 2.46. The number of ether oxygens (including phenoxy) is 2. The van der Waals surface area contributed by atoms with Crippen LogP contribution >= 0.6 is 11.6 Å². The first-order valence-corrected chi connectivity index (χ1v) is 5.10. The maximum absolute atomic E-state index is 9.62. The van der Waals surface area contributed by atoms with Crippen LogP contribution in [-0.4, -0.2) is 70.2 Å². The van der Waals surface area contributed by atoms with E-state index in [-0.39, 0.29) is 19.1 Å². The fourth-order valence-corrected chi connectivity index (χ4v) is 1.48. The summed E-state index contributed by atoms with van der Waals surface area (Å²) in [7, 11) is 0. The first-order chi connectivity index (χ1) is 7.07. The SMILES string of the molecule is OC[C@@]1(OCCCl)OC[C@@H](O)[C@@H](O)[C@@H]1O. The van der Waals surface area contributed by atoms with Crippen LogP contribution in [-0.2, 0) is 9.47 Å². The van der Waals surface area contributed by atoms with Gasteiger partial charge < -0.3 is 29.9 Å². The van der Waals surface area contributed by atoms with Gasteiger partial charge in [0.1, 0.15) is 24.9 Å². The lowest BCUT2D eigenvalue weighted by Gasteiger charge is -2.43. The Labute approximate surface area is 92.0 Å². The monoisotopic (exact) mass is 242 g/mol. The van der Waals surface area contributed by atoms with E-state index in [1.165, 1.54) is 0 Å². The fourth-order valence-electron chi connectivity index (χ4n) is 1.40. The van der Waals surface area contributed by atoms with E-state index in [1.807, 2.05) is 0 Å². The first kappa shape index (κ1) is 13.1. The van der Waals surface area contributed by atoms with E-state index < -0.39 is 30.7 Å². The molecule has 4 N–H and O–H groups in total. The summed E-state index contributed by atoms with van der Waals surface area (Å²) in [6.07, 6.45) is -4.13. The molecule has 0 radical (unpaired) electrons. The minimum atomic E-state index is -1.70. The summed E-state index contributed by atoms with van der Waals surface area (Å²) in [5, 5.41) is 37.3. The van der Waals surface area contributed by atoms with Gasteiger partial charge in [-0.15, -0.1) is 11.6 Å². The maximum Gasteiger partial charge on any atom is 0.221 e. The summed E-state index contributed by atoms with van der Waals surface area (Å²) in [4.78, 5) is 0. The van der Waals surface area contributed by atoms with Crippen LogP contribution in [0.5, 0.6) is 0 Å². The van der Waals surface area contributed by atoms with Crippen LogP contribution in [0.15, 0.2) is 0 Å². The van der Waals surface area contributed by atoms with Gasteiger partial charge in [0, 0.05) is 5.88 Å². The number of rotatable bonds is 4. The predicted octanol–water partition coefficient (Wildman–Crippen LogP) is -1.96. The molecule has 0 amide bonds. The molecular weight excluding hydrogens is 228 g/mol. The van der Waals surface area contributed by atoms with Crippen LogP contribution in [0.3, 0.4) is 0 Å². The zero-order valence-corrected chi connectivity index (χ0v) is 8.80. The van der Waals surface area contributed by atoms with Gasteiger partial charge >= 0.3 is 0 Å². The second-order valence-electron chi connectivity index (χ2n) is 3.32. The summed E-state index contributed by atoms with van der Waals surface area (Å²) in [6.45, 7) is -0.794. The van der Waals surface area contributed by atoms with E-state index in [1.54, 1.807) is 0 Å². The van der Waals surface area contributed by atoms with Crippen LogP contribution in [0.25, 0.3) is 0 Å². The Hall–Kier alpha value is 0.0500. The number of hydrogen-bond donors (Lipinski definition) is 4. The standard InChI is InChI=1S/C8H15ClO6/c9-1-2-14-8(4-10)7(13)6(12)5(11)3-15-8/h5-7,10-13H,1-4H2/t5-,6-,7+,8-/m1/s1. The Morgan fingerprint density at radius 1 is 1.40 bits per heavy atom. The number of aliphatic hydroxyl groups is 4. The minimum Gasteiger partial charge on any atom is -0.391 e. The van der Waals surface area contributed by atoms with Crippen molar-refractivity contribution < 1.29 is 29.9 Å². The number of aliphatic hydroxyl groups excluding tert-OH is 4. The van der Waals surface area contributed by atoms with Crippen LogP contribution in [0.1, 0.15) is 0 Å². The van der Waals surface area contributed by atoms with Gasteiger partial charge in [-0.3, -0.25) is 0 Å². The molecule has 1 heterocycles. The van der Waals surface area contributed by atoms with Crippen molar-refractivity contribution in [1.82, 2.24) is 0 Å². The topological polar surface area (TPSA) is 99.4 Å². The Morgan fingerprint density at radius 2 is 2.07 bits per heavy atom. The van der Waals surface area contributed by atoms with Gasteiger partial charge in [0.25, 0.3) is 0 Å². The van der Waals surface area contributed by atoms with Crippen LogP contribution < -0.4 is 0 Å². The average molecular weight is 243 g/mol. The lowest BCUT2D eigenvalue weighted by atomic mass is 9.97. The molecule has 0 saturated carbocycles. The van der Waals surface area contributed by atoms with E-state index in [2.05, 4.69) is 0 Å². The number of halogens is 1. The minimum absolute atomic E-state index is 0.0575. The molecule has 0 aromatic carbocycles. The van der Waals surface area contributed by atoms with Gasteiger partial charge in [-0.2, -0.15) is 0 Å². The second kappa shape index (κ2) is 5.40. The van der Waals surface area contributed by atoms with Crippen LogP contribution in [0.2, 0.25) is 0 Å². The zero-order chi connectivity index (χ0) is 11.5. The molecule has 0 aliphatic carbocycles. The Balaban J connectivity index is 2.71. The van der Waals surface area contributed by atoms with Gasteiger partial charge in [-0.25, -0.2) is 0 Å². The van der Waals surface area contributed by atoms with Gasteiger partial charge in [0.05, 0.1) is 13.2 Å². The van der Waals surface area contributed by atoms with Gasteiger partial charge in [0.2, 0.25) is 5.79 Å². The van der Waals surface area contributed by atoms with Crippen molar-refractivity contribution in [2.24, 2.45) is 0 Å². The number of alkyl halides is 1. The summed E-state index contributed by atoms with van der Waals surface area (Å²) in [5.41, 5.74) is 0. The lowest BCUT2D eigenvalue weighted by Crippen LogP contribution is -2.63. The summed E-state index contributed by atoms with van der Waals surface area (Å²) in [5.74, 6) is -1.54. The molecular formula is C8H15ClO6. The highest BCUT2D eigenvalue weighted by Gasteiger charge is 2.50. The Kier molecular flexibility index (Phi) is 4.72. The molecule has 1 aliphatic rings. The maximum atomic E-state index is 9.62. The van der Waals surface area contributed by atoms with Crippen LogP contribution in [0, 0.1) is 0 Å². The second-order valence-corrected chi connectivity index (χ2v) is 3.70. The van der Waals surface area contributed by atoms with Crippen molar-refractivity contribution in [3.63, 3.8) is 0 Å². The van der Waals surface area contributed by atoms with E-state index in [9.17, 15) is 15.3 Å². The lowest BCUT2D eigenvalue weighted by molar-refractivity contribution is -0.347. The highest BCUT2D eigenvalue weighted by Crippen LogP contribution is 2.27. The number of hydrogen-bond acceptors (Lipinski definition) is 6. The third-order valence-electron chi connectivity index (χ3n) is 2.31. The Morgan fingerprint density at radius 3 is 2.60 bits per heavy atom. The van der Waals surface area contributed by atoms with Crippen molar-refractivity contribution in [2.45, 2.75) is 24.1 Å². The first-order valence-electron chi connectivity index (χ1n) is 4.56. The van der Waals surface area contributed by atoms with E-state index in [0.29, 0.717) is 0 Å². The van der Waals surface area contributed by atoms with E-state index >= 15 is 0 Å². The molecule has 15 heavy (non-hydrogen) atoms. The van der Waals surface area contributed by atoms with Crippen molar-refractivity contribution in [1.29, 1.82) is 0 Å². The van der Waals surface area contributed by atoms with Crippen molar-refractivity contribution >= 4 is 11.6 Å². The molecule has 0 unspecified atom stereocenters. The summed E-state index contributed by atoms with van der Waals surface area (Å²) < 4.78 is 10.1. The molecule has 0 bridgehead atoms. The molecule has 1 fully saturated rings. The largest absolute Gasteiger partial charge is 0.391 e. The molecule has 1 saturated heterocycles. The molecule has 90 valence electrons. The Bertz CT molecular complexity index is 200. The van der Waals surface area contributed by atoms with Crippen molar-refractivity contribution in [3.05, 3.63) is 0 Å². The molecule has 4 atom stereocenters. The summed E-state index contributed by atoms with van der Waals surface area (Å²) >= 11 is 5.40. The molecule has 0 spiro atoms. The quantitative estimate of drug-likeness (QED) is 0.428. The fraction of sp³-hybridized carbons (Fsp3) is 1.00. The molecule has 7 heteroatoms. The van der Waals surface area contributed by atoms with Crippen molar-refractivity contribution in [3.8, 4) is 0 Å². The molecule has 1 rings (SSSR count). The zero-order valence-electron chi connectivity index (χ0n) is 8.04. The van der Waals surface area contributed by atoms with E-state index in [0.717, 1.165) is 0 Å². The third kappa shape index (κ3) is 2.59. The predicted molar refractivity (Wildman–Crippen MR) is 50.5 cm³/mol. The molecule has 6 nitrogen and oxygen atoms in total. The average Bonchev–Trinajstić information content (AvgIpc) is 2.26. The van der Waals surface area contributed by atoms with Gasteiger partial charge in [-0.1, -0.05) is 0 Å². The van der Waals surface area contributed by atoms with Gasteiger partial charge in [0.15, 0.2) is 0 Å². The van der Waals surface area contributed by atoms with Crippen molar-refractivity contribution in [2.75, 3.05) is 25.7 Å².